The van der Waals surface area contributed by atoms with Crippen molar-refractivity contribution in [3.05, 3.63) is 17.6 Å². The summed E-state index contributed by atoms with van der Waals surface area (Å²) < 4.78 is 0. The monoisotopic (exact) mass is 192 g/mol. The number of anilines is 1. The molecule has 4 heteroatoms. The number of fused-ring (bicyclic) bond motifs is 1. The summed E-state index contributed by atoms with van der Waals surface area (Å²) in [5.74, 6) is 0.986. The largest absolute Gasteiger partial charge is 0.368 e. The molecule has 1 heterocycles. The third-order valence-corrected chi connectivity index (χ3v) is 2.56. The SMILES string of the molecule is NCCNc1ncnc2c1CCCC2. The molecule has 0 atom stereocenters. The van der Waals surface area contributed by atoms with Gasteiger partial charge in [-0.25, -0.2) is 9.97 Å². The fourth-order valence-corrected chi connectivity index (χ4v) is 1.86. The molecule has 4 nitrogen and oxygen atoms in total. The molecule has 0 spiro atoms. The zero-order chi connectivity index (χ0) is 9.80. The molecule has 0 saturated carbocycles. The fourth-order valence-electron chi connectivity index (χ4n) is 1.86. The number of nitrogens with two attached hydrogens (primary N) is 1. The number of hydrogen-bond donors (Lipinski definition) is 2. The van der Waals surface area contributed by atoms with E-state index in [0.29, 0.717) is 6.54 Å². The molecular weight excluding hydrogens is 176 g/mol. The van der Waals surface area contributed by atoms with E-state index in [1.807, 2.05) is 0 Å². The summed E-state index contributed by atoms with van der Waals surface area (Å²) in [6.45, 7) is 1.42. The molecule has 0 saturated heterocycles. The van der Waals surface area contributed by atoms with E-state index < -0.39 is 0 Å². The average Bonchev–Trinajstić information content (AvgIpc) is 2.26. The average molecular weight is 192 g/mol. The lowest BCUT2D eigenvalue weighted by Gasteiger charge is -2.17. The lowest BCUT2D eigenvalue weighted by Crippen LogP contribution is -2.17. The molecule has 0 unspecified atom stereocenters. The van der Waals surface area contributed by atoms with Gasteiger partial charge in [0.1, 0.15) is 12.1 Å². The molecule has 2 rings (SSSR count). The molecule has 76 valence electrons. The number of nitrogens with one attached hydrogen (secondary N) is 1. The molecule has 14 heavy (non-hydrogen) atoms. The predicted molar refractivity (Wildman–Crippen MR) is 56.2 cm³/mol. The van der Waals surface area contributed by atoms with Crippen molar-refractivity contribution in [2.75, 3.05) is 18.4 Å². The summed E-state index contributed by atoms with van der Waals surface area (Å²) in [4.78, 5) is 8.56. The van der Waals surface area contributed by atoms with Gasteiger partial charge >= 0.3 is 0 Å². The Labute approximate surface area is 83.9 Å². The second kappa shape index (κ2) is 4.37. The summed E-state index contributed by atoms with van der Waals surface area (Å²) in [6.07, 6.45) is 6.33. The van der Waals surface area contributed by atoms with Crippen LogP contribution in [0.4, 0.5) is 5.82 Å². The van der Waals surface area contributed by atoms with Crippen LogP contribution in [0.1, 0.15) is 24.1 Å². The number of aromatic nitrogens is 2. The van der Waals surface area contributed by atoms with Crippen molar-refractivity contribution in [3.8, 4) is 0 Å². The summed E-state index contributed by atoms with van der Waals surface area (Å²) in [7, 11) is 0. The van der Waals surface area contributed by atoms with Crippen molar-refractivity contribution < 1.29 is 0 Å². The summed E-state index contributed by atoms with van der Waals surface area (Å²) in [5.41, 5.74) is 7.96. The molecule has 0 aliphatic heterocycles. The van der Waals surface area contributed by atoms with Gasteiger partial charge in [-0.3, -0.25) is 0 Å². The highest BCUT2D eigenvalue weighted by Gasteiger charge is 2.14. The number of aryl methyl sites for hydroxylation is 1. The molecule has 3 N–H and O–H groups in total. The number of nitrogens with zero attached hydrogens (tertiary/aromatic N) is 2. The maximum absolute atomic E-state index is 5.45. The zero-order valence-electron chi connectivity index (χ0n) is 8.29. The van der Waals surface area contributed by atoms with Crippen molar-refractivity contribution >= 4 is 5.82 Å². The van der Waals surface area contributed by atoms with Crippen LogP contribution in [-0.2, 0) is 12.8 Å². The molecule has 1 aliphatic carbocycles. The number of hydrogen-bond acceptors (Lipinski definition) is 4. The molecule has 0 fully saturated rings. The minimum absolute atomic E-state index is 0.638. The molecule has 0 bridgehead atoms. The van der Waals surface area contributed by atoms with Crippen molar-refractivity contribution in [2.45, 2.75) is 25.7 Å². The Morgan fingerprint density at radius 1 is 1.29 bits per heavy atom. The highest BCUT2D eigenvalue weighted by atomic mass is 15.0. The fraction of sp³-hybridized carbons (Fsp3) is 0.600. The molecule has 0 aromatic carbocycles. The lowest BCUT2D eigenvalue weighted by molar-refractivity contribution is 0.663. The summed E-state index contributed by atoms with van der Waals surface area (Å²) >= 11 is 0. The van der Waals surface area contributed by atoms with Crippen LogP contribution in [0.3, 0.4) is 0 Å². The van der Waals surface area contributed by atoms with Gasteiger partial charge in [-0.1, -0.05) is 0 Å². The molecule has 0 radical (unpaired) electrons. The van der Waals surface area contributed by atoms with E-state index in [-0.39, 0.29) is 0 Å². The van der Waals surface area contributed by atoms with Gasteiger partial charge < -0.3 is 11.1 Å². The van der Waals surface area contributed by atoms with Gasteiger partial charge in [0.15, 0.2) is 0 Å². The first-order valence-electron chi connectivity index (χ1n) is 5.18. The Hall–Kier alpha value is -1.16. The van der Waals surface area contributed by atoms with Crippen LogP contribution in [0.5, 0.6) is 0 Å². The van der Waals surface area contributed by atoms with Crippen LogP contribution in [0, 0.1) is 0 Å². The molecular formula is C10H16N4. The third kappa shape index (κ3) is 1.85. The Morgan fingerprint density at radius 2 is 2.14 bits per heavy atom. The van der Waals surface area contributed by atoms with Gasteiger partial charge in [0.25, 0.3) is 0 Å². The van der Waals surface area contributed by atoms with Crippen molar-refractivity contribution in [1.82, 2.24) is 9.97 Å². The van der Waals surface area contributed by atoms with E-state index in [0.717, 1.165) is 25.2 Å². The van der Waals surface area contributed by atoms with E-state index in [2.05, 4.69) is 15.3 Å². The molecule has 1 aromatic heterocycles. The Morgan fingerprint density at radius 3 is 3.00 bits per heavy atom. The predicted octanol–water partition coefficient (Wildman–Crippen LogP) is 0.726. The van der Waals surface area contributed by atoms with Crippen LogP contribution in [0.2, 0.25) is 0 Å². The van der Waals surface area contributed by atoms with Gasteiger partial charge in [0.2, 0.25) is 0 Å². The summed E-state index contributed by atoms with van der Waals surface area (Å²) in [6, 6.07) is 0. The second-order valence-corrected chi connectivity index (χ2v) is 3.57. The van der Waals surface area contributed by atoms with Gasteiger partial charge in [0.05, 0.1) is 0 Å². The first-order chi connectivity index (χ1) is 6.92. The van der Waals surface area contributed by atoms with E-state index in [9.17, 15) is 0 Å². The van der Waals surface area contributed by atoms with Crippen molar-refractivity contribution in [2.24, 2.45) is 5.73 Å². The Balaban J connectivity index is 2.21. The minimum atomic E-state index is 0.638. The van der Waals surface area contributed by atoms with Crippen molar-refractivity contribution in [3.63, 3.8) is 0 Å². The van der Waals surface area contributed by atoms with E-state index >= 15 is 0 Å². The van der Waals surface area contributed by atoms with Gasteiger partial charge in [-0.15, -0.1) is 0 Å². The Bertz CT molecular complexity index is 311. The third-order valence-electron chi connectivity index (χ3n) is 2.56. The smallest absolute Gasteiger partial charge is 0.132 e. The zero-order valence-corrected chi connectivity index (χ0v) is 8.29. The van der Waals surface area contributed by atoms with Crippen LogP contribution in [0.15, 0.2) is 6.33 Å². The van der Waals surface area contributed by atoms with Crippen LogP contribution in [-0.4, -0.2) is 23.1 Å². The quantitative estimate of drug-likeness (QED) is 0.741. The number of rotatable bonds is 3. The highest BCUT2D eigenvalue weighted by molar-refractivity contribution is 5.46. The maximum Gasteiger partial charge on any atom is 0.132 e. The van der Waals surface area contributed by atoms with Crippen LogP contribution in [0.25, 0.3) is 0 Å². The first kappa shape index (κ1) is 9.40. The highest BCUT2D eigenvalue weighted by Crippen LogP contribution is 2.23. The van der Waals surface area contributed by atoms with E-state index in [1.54, 1.807) is 6.33 Å². The van der Waals surface area contributed by atoms with Crippen molar-refractivity contribution in [1.29, 1.82) is 0 Å². The molecule has 1 aliphatic rings. The van der Waals surface area contributed by atoms with E-state index in [4.69, 9.17) is 5.73 Å². The molecule has 0 amide bonds. The van der Waals surface area contributed by atoms with Gasteiger partial charge in [-0.05, 0) is 25.7 Å². The van der Waals surface area contributed by atoms with Crippen LogP contribution >= 0.6 is 0 Å². The normalized spacial score (nSPS) is 14.9. The standard InChI is InChI=1S/C10H16N4/c11-5-6-12-10-8-3-1-2-4-9(8)13-7-14-10/h7H,1-6,11H2,(H,12,13,14). The van der Waals surface area contributed by atoms with E-state index in [1.165, 1.54) is 24.1 Å². The summed E-state index contributed by atoms with van der Waals surface area (Å²) in [5, 5.41) is 3.25. The van der Waals surface area contributed by atoms with Crippen LogP contribution < -0.4 is 11.1 Å². The minimum Gasteiger partial charge on any atom is -0.368 e. The first-order valence-corrected chi connectivity index (χ1v) is 5.18. The lowest BCUT2D eigenvalue weighted by atomic mass is 9.96. The maximum atomic E-state index is 5.45. The topological polar surface area (TPSA) is 63.8 Å². The van der Waals surface area contributed by atoms with Gasteiger partial charge in [0, 0.05) is 24.3 Å². The second-order valence-electron chi connectivity index (χ2n) is 3.57. The van der Waals surface area contributed by atoms with Gasteiger partial charge in [-0.2, -0.15) is 0 Å². The molecule has 1 aromatic rings. The Kier molecular flexibility index (Phi) is 2.93.